The largest absolute Gasteiger partial charge is 0.376 e. The summed E-state index contributed by atoms with van der Waals surface area (Å²) in [6, 6.07) is 0.449. The number of nitrogens with zero attached hydrogens (tertiary/aromatic N) is 2. The molecular weight excluding hydrogens is 202 g/mol. The molecule has 2 aliphatic heterocycles. The number of hydrogen-bond acceptors (Lipinski definition) is 3. The molecule has 4 heteroatoms. The highest BCUT2D eigenvalue weighted by Crippen LogP contribution is 2.29. The first-order chi connectivity index (χ1) is 7.86. The predicted molar refractivity (Wildman–Crippen MR) is 61.2 cm³/mol. The van der Waals surface area contributed by atoms with E-state index in [4.69, 9.17) is 9.84 Å². The molecule has 0 saturated carbocycles. The van der Waals surface area contributed by atoms with Gasteiger partial charge in [-0.05, 0) is 19.4 Å². The number of aryl methyl sites for hydroxylation is 1. The number of nitrogens with one attached hydrogen (secondary N) is 1. The third kappa shape index (κ3) is 1.66. The van der Waals surface area contributed by atoms with Crippen LogP contribution in [0.2, 0.25) is 0 Å². The summed E-state index contributed by atoms with van der Waals surface area (Å²) in [5.41, 5.74) is 3.94. The molecule has 1 aromatic heterocycles. The highest BCUT2D eigenvalue weighted by molar-refractivity contribution is 5.30. The summed E-state index contributed by atoms with van der Waals surface area (Å²) in [5, 5.41) is 8.26. The van der Waals surface area contributed by atoms with Crippen LogP contribution >= 0.6 is 0 Å². The van der Waals surface area contributed by atoms with Crippen LogP contribution < -0.4 is 5.32 Å². The predicted octanol–water partition coefficient (Wildman–Crippen LogP) is 1.31. The molecule has 0 amide bonds. The van der Waals surface area contributed by atoms with Gasteiger partial charge in [0.1, 0.15) is 0 Å². The van der Waals surface area contributed by atoms with E-state index in [1.807, 2.05) is 4.68 Å². The maximum atomic E-state index is 5.56. The van der Waals surface area contributed by atoms with Gasteiger partial charge in [-0.3, -0.25) is 4.68 Å². The van der Waals surface area contributed by atoms with Crippen molar-refractivity contribution in [2.45, 2.75) is 38.3 Å². The minimum atomic E-state index is 0.449. The summed E-state index contributed by atoms with van der Waals surface area (Å²) in [4.78, 5) is 0. The zero-order chi connectivity index (χ0) is 11.0. The van der Waals surface area contributed by atoms with E-state index >= 15 is 0 Å². The molecule has 0 bridgehead atoms. The van der Waals surface area contributed by atoms with Gasteiger partial charge in [-0.25, -0.2) is 0 Å². The van der Waals surface area contributed by atoms with Crippen LogP contribution in [0, 0.1) is 0 Å². The lowest BCUT2D eigenvalue weighted by Gasteiger charge is -2.23. The second-order valence-electron chi connectivity index (χ2n) is 4.74. The van der Waals surface area contributed by atoms with Crippen LogP contribution in [0.25, 0.3) is 0 Å². The molecule has 0 aliphatic carbocycles. The summed E-state index contributed by atoms with van der Waals surface area (Å²) >= 11 is 0. The first-order valence-corrected chi connectivity index (χ1v) is 6.22. The average Bonchev–Trinajstić information content (AvgIpc) is 2.69. The number of hydrogen-bond donors (Lipinski definition) is 1. The standard InChI is InChI=1S/C12H19N3O/c1-15-11-5-7-16-8-9(11)12(14-15)10-4-2-3-6-13-10/h10,13H,2-8H2,1H3/t10-/m0/s1. The molecule has 3 rings (SSSR count). The van der Waals surface area contributed by atoms with Gasteiger partial charge < -0.3 is 10.1 Å². The first-order valence-electron chi connectivity index (χ1n) is 6.22. The Morgan fingerprint density at radius 3 is 3.19 bits per heavy atom. The summed E-state index contributed by atoms with van der Waals surface area (Å²) in [5.74, 6) is 0. The highest BCUT2D eigenvalue weighted by atomic mass is 16.5. The lowest BCUT2D eigenvalue weighted by atomic mass is 9.97. The molecule has 2 aliphatic rings. The minimum Gasteiger partial charge on any atom is -0.376 e. The lowest BCUT2D eigenvalue weighted by Crippen LogP contribution is -2.28. The van der Waals surface area contributed by atoms with E-state index in [9.17, 15) is 0 Å². The molecule has 88 valence electrons. The van der Waals surface area contributed by atoms with Crippen molar-refractivity contribution in [1.82, 2.24) is 15.1 Å². The Morgan fingerprint density at radius 1 is 1.44 bits per heavy atom. The third-order valence-corrected chi connectivity index (χ3v) is 3.68. The van der Waals surface area contributed by atoms with Crippen LogP contribution in [0.1, 0.15) is 42.3 Å². The van der Waals surface area contributed by atoms with Crippen LogP contribution in [-0.2, 0) is 24.8 Å². The quantitative estimate of drug-likeness (QED) is 0.777. The van der Waals surface area contributed by atoms with Crippen molar-refractivity contribution in [3.63, 3.8) is 0 Å². The second kappa shape index (κ2) is 4.18. The summed E-state index contributed by atoms with van der Waals surface area (Å²) in [6.07, 6.45) is 4.82. The fourth-order valence-corrected chi connectivity index (χ4v) is 2.80. The zero-order valence-corrected chi connectivity index (χ0v) is 9.83. The molecule has 1 fully saturated rings. The number of aromatic nitrogens is 2. The zero-order valence-electron chi connectivity index (χ0n) is 9.83. The van der Waals surface area contributed by atoms with Crippen molar-refractivity contribution in [3.05, 3.63) is 17.0 Å². The monoisotopic (exact) mass is 221 g/mol. The molecule has 3 heterocycles. The van der Waals surface area contributed by atoms with E-state index in [0.717, 1.165) is 26.2 Å². The van der Waals surface area contributed by atoms with E-state index < -0.39 is 0 Å². The highest BCUT2D eigenvalue weighted by Gasteiger charge is 2.26. The van der Waals surface area contributed by atoms with E-state index in [-0.39, 0.29) is 0 Å². The van der Waals surface area contributed by atoms with Crippen molar-refractivity contribution in [3.8, 4) is 0 Å². The molecule has 1 N–H and O–H groups in total. The fraction of sp³-hybridized carbons (Fsp3) is 0.750. The Balaban J connectivity index is 1.93. The van der Waals surface area contributed by atoms with Gasteiger partial charge in [0.05, 0.1) is 24.9 Å². The van der Waals surface area contributed by atoms with Crippen molar-refractivity contribution >= 4 is 0 Å². The van der Waals surface area contributed by atoms with Gasteiger partial charge in [-0.1, -0.05) is 6.42 Å². The molecule has 0 spiro atoms. The van der Waals surface area contributed by atoms with Crippen LogP contribution in [-0.4, -0.2) is 22.9 Å². The molecular formula is C12H19N3O. The lowest BCUT2D eigenvalue weighted by molar-refractivity contribution is 0.108. The molecule has 0 radical (unpaired) electrons. The van der Waals surface area contributed by atoms with Crippen molar-refractivity contribution in [2.24, 2.45) is 7.05 Å². The minimum absolute atomic E-state index is 0.449. The maximum absolute atomic E-state index is 5.56. The van der Waals surface area contributed by atoms with E-state index in [0.29, 0.717) is 6.04 Å². The Bertz CT molecular complexity index is 380. The van der Waals surface area contributed by atoms with Gasteiger partial charge >= 0.3 is 0 Å². The summed E-state index contributed by atoms with van der Waals surface area (Å²) < 4.78 is 7.60. The van der Waals surface area contributed by atoms with Crippen LogP contribution in [0.4, 0.5) is 0 Å². The van der Waals surface area contributed by atoms with Gasteiger partial charge in [-0.2, -0.15) is 5.10 Å². The number of ether oxygens (including phenoxy) is 1. The van der Waals surface area contributed by atoms with Crippen molar-refractivity contribution < 1.29 is 4.74 Å². The van der Waals surface area contributed by atoms with Gasteiger partial charge in [0.15, 0.2) is 0 Å². The molecule has 1 atom stereocenters. The molecule has 0 unspecified atom stereocenters. The normalized spacial score (nSPS) is 25.4. The average molecular weight is 221 g/mol. The molecule has 16 heavy (non-hydrogen) atoms. The van der Waals surface area contributed by atoms with E-state index in [1.165, 1.54) is 36.2 Å². The molecule has 1 saturated heterocycles. The van der Waals surface area contributed by atoms with Gasteiger partial charge in [-0.15, -0.1) is 0 Å². The first kappa shape index (κ1) is 10.3. The van der Waals surface area contributed by atoms with Gasteiger partial charge in [0, 0.05) is 24.7 Å². The fourth-order valence-electron chi connectivity index (χ4n) is 2.80. The second-order valence-corrected chi connectivity index (χ2v) is 4.74. The maximum Gasteiger partial charge on any atom is 0.0851 e. The van der Waals surface area contributed by atoms with E-state index in [2.05, 4.69) is 12.4 Å². The Kier molecular flexibility index (Phi) is 2.69. The Labute approximate surface area is 96.0 Å². The number of fused-ring (bicyclic) bond motifs is 1. The third-order valence-electron chi connectivity index (χ3n) is 3.68. The van der Waals surface area contributed by atoms with Crippen LogP contribution in [0.3, 0.4) is 0 Å². The molecule has 0 aromatic carbocycles. The van der Waals surface area contributed by atoms with Gasteiger partial charge in [0.25, 0.3) is 0 Å². The number of piperidine rings is 1. The molecule has 1 aromatic rings. The topological polar surface area (TPSA) is 39.1 Å². The smallest absolute Gasteiger partial charge is 0.0851 e. The summed E-state index contributed by atoms with van der Waals surface area (Å²) in [7, 11) is 2.05. The van der Waals surface area contributed by atoms with Crippen LogP contribution in [0.15, 0.2) is 0 Å². The van der Waals surface area contributed by atoms with Crippen molar-refractivity contribution in [1.29, 1.82) is 0 Å². The summed E-state index contributed by atoms with van der Waals surface area (Å²) in [6.45, 7) is 2.71. The molecule has 4 nitrogen and oxygen atoms in total. The van der Waals surface area contributed by atoms with Gasteiger partial charge in [0.2, 0.25) is 0 Å². The Hall–Kier alpha value is -0.870. The SMILES string of the molecule is Cn1nc([C@@H]2CCCCN2)c2c1CCOC2. The number of rotatable bonds is 1. The Morgan fingerprint density at radius 2 is 2.38 bits per heavy atom. The van der Waals surface area contributed by atoms with E-state index in [1.54, 1.807) is 0 Å². The van der Waals surface area contributed by atoms with Crippen molar-refractivity contribution in [2.75, 3.05) is 13.2 Å². The van der Waals surface area contributed by atoms with Crippen LogP contribution in [0.5, 0.6) is 0 Å².